The predicted octanol–water partition coefficient (Wildman–Crippen LogP) is 6.90. The second-order valence-electron chi connectivity index (χ2n) is 8.79. The van der Waals surface area contributed by atoms with Gasteiger partial charge in [0, 0.05) is 53.3 Å². The second kappa shape index (κ2) is 10.7. The highest BCUT2D eigenvalue weighted by molar-refractivity contribution is 5.96. The number of hydrogen-bond donors (Lipinski definition) is 2. The van der Waals surface area contributed by atoms with E-state index in [0.717, 1.165) is 16.3 Å². The molecule has 0 saturated carbocycles. The summed E-state index contributed by atoms with van der Waals surface area (Å²) in [5.41, 5.74) is -0.246. The lowest BCUT2D eigenvalue weighted by Crippen LogP contribution is -2.28. The molecule has 0 spiro atoms. The highest BCUT2D eigenvalue weighted by Gasteiger charge is 2.34. The van der Waals surface area contributed by atoms with E-state index in [9.17, 15) is 31.1 Å². The van der Waals surface area contributed by atoms with Crippen LogP contribution in [0.15, 0.2) is 79.1 Å². The average Bonchev–Trinajstić information content (AvgIpc) is 3.28. The van der Waals surface area contributed by atoms with E-state index in [1.807, 2.05) is 0 Å². The van der Waals surface area contributed by atoms with Crippen LogP contribution in [0.25, 0.3) is 22.2 Å². The molecule has 2 heterocycles. The summed E-state index contributed by atoms with van der Waals surface area (Å²) in [7, 11) is 0. The number of anilines is 1. The molecule has 2 aromatic heterocycles. The first-order valence-corrected chi connectivity index (χ1v) is 11.8. The van der Waals surface area contributed by atoms with E-state index in [1.54, 1.807) is 24.5 Å². The number of carbonyl (C=O) groups excluding carboxylic acids is 1. The minimum atomic E-state index is -4.74. The summed E-state index contributed by atoms with van der Waals surface area (Å²) in [5, 5.41) is 9.50. The van der Waals surface area contributed by atoms with Gasteiger partial charge in [0.25, 0.3) is 0 Å². The molecule has 0 fully saturated rings. The normalized spacial score (nSPS) is 11.6. The average molecular weight is 555 g/mol. The van der Waals surface area contributed by atoms with Gasteiger partial charge in [-0.25, -0.2) is 18.0 Å². The zero-order valence-corrected chi connectivity index (χ0v) is 20.4. The fraction of sp³-hybridized carbons (Fsp3) is 0.107. The first kappa shape index (κ1) is 26.7. The van der Waals surface area contributed by atoms with Crippen molar-refractivity contribution in [2.45, 2.75) is 19.3 Å². The number of urea groups is 1. The number of pyridine rings is 1. The lowest BCUT2D eigenvalue weighted by Gasteiger charge is -2.12. The highest BCUT2D eigenvalue weighted by Crippen LogP contribution is 2.38. The molecule has 2 amide bonds. The molecule has 0 radical (unpaired) electrons. The molecule has 40 heavy (non-hydrogen) atoms. The van der Waals surface area contributed by atoms with Crippen LogP contribution in [-0.4, -0.2) is 20.8 Å². The molecule has 0 aliphatic rings. The van der Waals surface area contributed by atoms with Gasteiger partial charge in [0.05, 0.1) is 17.8 Å². The number of nitrogens with zero attached hydrogens (tertiary/aromatic N) is 3. The van der Waals surface area contributed by atoms with Crippen LogP contribution in [0.2, 0.25) is 0 Å². The third-order valence-corrected chi connectivity index (χ3v) is 6.11. The van der Waals surface area contributed by atoms with Crippen LogP contribution < -0.4 is 10.6 Å². The first-order chi connectivity index (χ1) is 19.1. The number of nitrogens with one attached hydrogen (secondary N) is 2. The van der Waals surface area contributed by atoms with Gasteiger partial charge >= 0.3 is 12.2 Å². The van der Waals surface area contributed by atoms with Gasteiger partial charge in [-0.05, 0) is 35.9 Å². The summed E-state index contributed by atoms with van der Waals surface area (Å²) in [6, 6.07) is 13.6. The van der Waals surface area contributed by atoms with Gasteiger partial charge in [0.2, 0.25) is 0 Å². The molecule has 12 heteroatoms. The highest BCUT2D eigenvalue weighted by atomic mass is 19.4. The largest absolute Gasteiger partial charge is 0.418 e. The summed E-state index contributed by atoms with van der Waals surface area (Å²) in [6.07, 6.45) is -1.54. The molecular formula is C28H19F6N5O. The van der Waals surface area contributed by atoms with E-state index in [-0.39, 0.29) is 17.6 Å². The number of amides is 2. The van der Waals surface area contributed by atoms with E-state index >= 15 is 0 Å². The predicted molar refractivity (Wildman–Crippen MR) is 136 cm³/mol. The molecule has 0 unspecified atom stereocenters. The minimum absolute atomic E-state index is 0.0913. The van der Waals surface area contributed by atoms with Crippen molar-refractivity contribution in [1.82, 2.24) is 20.1 Å². The number of carbonyl (C=O) groups is 1. The maximum atomic E-state index is 14.5. The molecular weight excluding hydrogens is 536 g/mol. The third kappa shape index (κ3) is 5.60. The van der Waals surface area contributed by atoms with Crippen molar-refractivity contribution in [3.05, 3.63) is 113 Å². The Morgan fingerprint density at radius 2 is 1.57 bits per heavy atom. The quantitative estimate of drug-likeness (QED) is 0.224. The summed E-state index contributed by atoms with van der Waals surface area (Å²) in [6.45, 7) is -0.341. The maximum absolute atomic E-state index is 14.5. The Morgan fingerprint density at radius 3 is 2.23 bits per heavy atom. The van der Waals surface area contributed by atoms with Crippen LogP contribution in [0, 0.1) is 17.5 Å². The van der Waals surface area contributed by atoms with Crippen molar-refractivity contribution >= 4 is 22.6 Å². The molecule has 204 valence electrons. The monoisotopic (exact) mass is 555 g/mol. The number of alkyl halides is 3. The Bertz CT molecular complexity index is 1660. The topological polar surface area (TPSA) is 71.8 Å². The van der Waals surface area contributed by atoms with Crippen LogP contribution >= 0.6 is 0 Å². The number of halogens is 6. The molecule has 5 aromatic rings. The van der Waals surface area contributed by atoms with E-state index < -0.39 is 52.8 Å². The van der Waals surface area contributed by atoms with Crippen LogP contribution in [-0.2, 0) is 19.3 Å². The van der Waals surface area contributed by atoms with Gasteiger partial charge < -0.3 is 10.6 Å². The van der Waals surface area contributed by atoms with Gasteiger partial charge in [-0.2, -0.15) is 18.3 Å². The second-order valence-corrected chi connectivity index (χ2v) is 8.79. The van der Waals surface area contributed by atoms with E-state index in [1.165, 1.54) is 36.4 Å². The number of rotatable bonds is 6. The van der Waals surface area contributed by atoms with Gasteiger partial charge in [-0.1, -0.05) is 24.3 Å². The summed E-state index contributed by atoms with van der Waals surface area (Å²) >= 11 is 0. The Balaban J connectivity index is 1.49. The van der Waals surface area contributed by atoms with Gasteiger partial charge in [0.1, 0.15) is 23.0 Å². The van der Waals surface area contributed by atoms with Crippen molar-refractivity contribution in [2.24, 2.45) is 0 Å². The number of fused-ring (bicyclic) bond motifs is 1. The van der Waals surface area contributed by atoms with Crippen LogP contribution in [0.3, 0.4) is 0 Å². The zero-order valence-electron chi connectivity index (χ0n) is 20.4. The Labute approximate surface area is 223 Å². The van der Waals surface area contributed by atoms with Crippen molar-refractivity contribution in [1.29, 1.82) is 0 Å². The molecule has 0 atom stereocenters. The number of hydrogen-bond acceptors (Lipinski definition) is 3. The SMILES string of the molecule is O=C(NCc1ccncc1)Nc1ccc(-c2c3cccc(C(F)(F)F)c3nn2Cc2c(F)cc(F)cc2F)cc1. The summed E-state index contributed by atoms with van der Waals surface area (Å²) in [5.74, 6) is -3.52. The smallest absolute Gasteiger partial charge is 0.334 e. The van der Waals surface area contributed by atoms with Gasteiger partial charge in [0.15, 0.2) is 0 Å². The molecule has 0 aliphatic heterocycles. The third-order valence-electron chi connectivity index (χ3n) is 6.11. The van der Waals surface area contributed by atoms with Crippen LogP contribution in [0.4, 0.5) is 36.8 Å². The van der Waals surface area contributed by atoms with Crippen molar-refractivity contribution < 1.29 is 31.1 Å². The Hall–Kier alpha value is -4.87. The standard InChI is InChI=1S/C28H19F6N5O/c29-18-12-23(30)21(24(31)13-18)15-39-26(20-2-1-3-22(25(20)38-39)28(32,33)34)17-4-6-19(7-5-17)37-27(40)36-14-16-8-10-35-11-9-16/h1-13H,14-15H2,(H2,36,37,40). The maximum Gasteiger partial charge on any atom is 0.418 e. The lowest BCUT2D eigenvalue weighted by molar-refractivity contribution is -0.136. The molecule has 0 saturated heterocycles. The summed E-state index contributed by atoms with van der Waals surface area (Å²) in [4.78, 5) is 16.2. The molecule has 2 N–H and O–H groups in total. The molecule has 0 aliphatic carbocycles. The Morgan fingerprint density at radius 1 is 0.900 bits per heavy atom. The first-order valence-electron chi connectivity index (χ1n) is 11.8. The van der Waals surface area contributed by atoms with Crippen molar-refractivity contribution in [3.8, 4) is 11.3 Å². The van der Waals surface area contributed by atoms with Gasteiger partial charge in [-0.3, -0.25) is 9.67 Å². The minimum Gasteiger partial charge on any atom is -0.334 e. The lowest BCUT2D eigenvalue weighted by atomic mass is 10.0. The van der Waals surface area contributed by atoms with Gasteiger partial charge in [-0.15, -0.1) is 0 Å². The fourth-order valence-corrected chi connectivity index (χ4v) is 4.24. The molecule has 0 bridgehead atoms. The van der Waals surface area contributed by atoms with E-state index in [2.05, 4.69) is 20.7 Å². The van der Waals surface area contributed by atoms with E-state index in [0.29, 0.717) is 23.4 Å². The summed E-state index contributed by atoms with van der Waals surface area (Å²) < 4.78 is 84.6. The zero-order chi connectivity index (χ0) is 28.4. The molecule has 6 nitrogen and oxygen atoms in total. The Kier molecular flexibility index (Phi) is 7.16. The number of benzene rings is 3. The van der Waals surface area contributed by atoms with Crippen LogP contribution in [0.5, 0.6) is 0 Å². The number of aromatic nitrogens is 3. The van der Waals surface area contributed by atoms with Crippen molar-refractivity contribution in [3.63, 3.8) is 0 Å². The van der Waals surface area contributed by atoms with Crippen LogP contribution in [0.1, 0.15) is 16.7 Å². The molecule has 5 rings (SSSR count). The van der Waals surface area contributed by atoms with Crippen molar-refractivity contribution in [2.75, 3.05) is 5.32 Å². The molecule has 3 aromatic carbocycles. The van der Waals surface area contributed by atoms with E-state index in [4.69, 9.17) is 0 Å². The fourth-order valence-electron chi connectivity index (χ4n) is 4.24.